The second kappa shape index (κ2) is 10.9. The Labute approximate surface area is 198 Å². The van der Waals surface area contributed by atoms with Crippen molar-refractivity contribution in [2.24, 2.45) is 0 Å². The molecule has 0 aliphatic carbocycles. The Hall–Kier alpha value is -2.84. The van der Waals surface area contributed by atoms with E-state index in [1.807, 2.05) is 32.0 Å². The third-order valence-corrected chi connectivity index (χ3v) is 7.10. The van der Waals surface area contributed by atoms with Crippen LogP contribution in [0, 0.1) is 13.8 Å². The second-order valence-electron chi connectivity index (χ2n) is 8.19. The molecule has 0 unspecified atom stereocenters. The number of ether oxygens (including phenoxy) is 1. The molecular weight excluding hydrogens is 436 g/mol. The molecular formula is C25H30N4O3S. The lowest BCUT2D eigenvalue weighted by atomic mass is 10.0. The van der Waals surface area contributed by atoms with Gasteiger partial charge in [0.05, 0.1) is 24.4 Å². The molecule has 7 nitrogen and oxygen atoms in total. The van der Waals surface area contributed by atoms with Crippen LogP contribution in [-0.2, 0) is 5.75 Å². The van der Waals surface area contributed by atoms with Gasteiger partial charge in [-0.3, -0.25) is 9.69 Å². The molecule has 1 atom stereocenters. The molecule has 1 N–H and O–H groups in total. The molecule has 2 aromatic heterocycles. The van der Waals surface area contributed by atoms with Crippen molar-refractivity contribution in [3.8, 4) is 5.75 Å². The van der Waals surface area contributed by atoms with Gasteiger partial charge in [-0.2, -0.15) is 0 Å². The number of thioether (sulfide) groups is 1. The highest BCUT2D eigenvalue weighted by Gasteiger charge is 2.25. The van der Waals surface area contributed by atoms with Crippen LogP contribution in [0.25, 0.3) is 0 Å². The van der Waals surface area contributed by atoms with Crippen molar-refractivity contribution < 1.29 is 14.1 Å². The summed E-state index contributed by atoms with van der Waals surface area (Å²) in [5.41, 5.74) is 3.65. The number of aryl methyl sites for hydroxylation is 2. The second-order valence-corrected chi connectivity index (χ2v) is 9.16. The largest absolute Gasteiger partial charge is 0.497 e. The fourth-order valence-corrected chi connectivity index (χ4v) is 5.32. The summed E-state index contributed by atoms with van der Waals surface area (Å²) < 4.78 is 10.7. The first kappa shape index (κ1) is 23.3. The lowest BCUT2D eigenvalue weighted by Gasteiger charge is -2.28. The molecule has 0 radical (unpaired) electrons. The standard InChI is InChI=1S/C25H30N4O3S/c1-17-22(18(2)32-28-17)16-33-25-21(10-7-11-26-25)24(30)27-15-23(29-12-4-5-13-29)19-8-6-9-20(14-19)31-3/h6-11,14,23H,4-5,12-13,15-16H2,1-3H3,(H,27,30)/t23-/m0/s1. The molecule has 1 aliphatic rings. The topological polar surface area (TPSA) is 80.5 Å². The maximum Gasteiger partial charge on any atom is 0.254 e. The smallest absolute Gasteiger partial charge is 0.254 e. The van der Waals surface area contributed by atoms with Gasteiger partial charge in [-0.1, -0.05) is 17.3 Å². The average molecular weight is 467 g/mol. The van der Waals surface area contributed by atoms with E-state index in [0.717, 1.165) is 41.4 Å². The van der Waals surface area contributed by atoms with Crippen molar-refractivity contribution >= 4 is 17.7 Å². The van der Waals surface area contributed by atoms with Crippen LogP contribution in [0.1, 0.15) is 51.8 Å². The first-order valence-electron chi connectivity index (χ1n) is 11.2. The quantitative estimate of drug-likeness (QED) is 0.463. The average Bonchev–Trinajstić information content (AvgIpc) is 3.48. The monoisotopic (exact) mass is 466 g/mol. The summed E-state index contributed by atoms with van der Waals surface area (Å²) in [7, 11) is 1.68. The maximum atomic E-state index is 13.2. The number of aromatic nitrogens is 2. The molecule has 0 bridgehead atoms. The van der Waals surface area contributed by atoms with Gasteiger partial charge in [-0.15, -0.1) is 11.8 Å². The van der Waals surface area contributed by atoms with E-state index < -0.39 is 0 Å². The molecule has 1 saturated heterocycles. The Morgan fingerprint density at radius 2 is 2.06 bits per heavy atom. The predicted octanol–water partition coefficient (Wildman–Crippen LogP) is 4.55. The van der Waals surface area contributed by atoms with Gasteiger partial charge in [-0.05, 0) is 69.6 Å². The zero-order valence-corrected chi connectivity index (χ0v) is 20.2. The SMILES string of the molecule is COc1cccc([C@H](CNC(=O)c2cccnc2SCc2c(C)noc2C)N2CCCC2)c1. The van der Waals surface area contributed by atoms with Crippen molar-refractivity contribution in [2.45, 2.75) is 43.5 Å². The maximum absolute atomic E-state index is 13.2. The minimum Gasteiger partial charge on any atom is -0.497 e. The highest BCUT2D eigenvalue weighted by Crippen LogP contribution is 2.29. The number of methoxy groups -OCH3 is 1. The van der Waals surface area contributed by atoms with Gasteiger partial charge in [0, 0.05) is 24.1 Å². The normalized spacial score (nSPS) is 14.9. The number of benzene rings is 1. The molecule has 8 heteroatoms. The number of likely N-dealkylation sites (tertiary alicyclic amines) is 1. The molecule has 1 fully saturated rings. The summed E-state index contributed by atoms with van der Waals surface area (Å²) in [6, 6.07) is 11.8. The number of carbonyl (C=O) groups excluding carboxylic acids is 1. The highest BCUT2D eigenvalue weighted by atomic mass is 32.2. The molecule has 33 heavy (non-hydrogen) atoms. The molecule has 0 saturated carbocycles. The molecule has 1 aliphatic heterocycles. The fourth-order valence-electron chi connectivity index (χ4n) is 4.17. The Morgan fingerprint density at radius 3 is 2.79 bits per heavy atom. The Bertz CT molecular complexity index is 1080. The Morgan fingerprint density at radius 1 is 1.24 bits per heavy atom. The first-order chi connectivity index (χ1) is 16.1. The van der Waals surface area contributed by atoms with Crippen molar-refractivity contribution in [3.63, 3.8) is 0 Å². The van der Waals surface area contributed by atoms with E-state index in [1.165, 1.54) is 24.6 Å². The number of nitrogens with one attached hydrogen (secondary N) is 1. The number of rotatable bonds is 9. The van der Waals surface area contributed by atoms with Crippen LogP contribution in [0.5, 0.6) is 5.75 Å². The predicted molar refractivity (Wildman–Crippen MR) is 129 cm³/mol. The van der Waals surface area contributed by atoms with Crippen molar-refractivity contribution in [2.75, 3.05) is 26.7 Å². The minimum atomic E-state index is -0.114. The van der Waals surface area contributed by atoms with E-state index in [2.05, 4.69) is 32.5 Å². The minimum absolute atomic E-state index is 0.0987. The molecule has 0 spiro atoms. The lowest BCUT2D eigenvalue weighted by molar-refractivity contribution is 0.0934. The van der Waals surface area contributed by atoms with Crippen LogP contribution in [0.3, 0.4) is 0 Å². The van der Waals surface area contributed by atoms with Gasteiger partial charge >= 0.3 is 0 Å². The van der Waals surface area contributed by atoms with E-state index in [9.17, 15) is 4.79 Å². The number of amides is 1. The molecule has 4 rings (SSSR count). The molecule has 3 aromatic rings. The summed E-state index contributed by atoms with van der Waals surface area (Å²) in [5, 5.41) is 7.88. The van der Waals surface area contributed by atoms with Crippen LogP contribution in [-0.4, -0.2) is 47.7 Å². The number of nitrogens with zero attached hydrogens (tertiary/aromatic N) is 3. The summed E-state index contributed by atoms with van der Waals surface area (Å²) in [5.74, 6) is 2.16. The third-order valence-electron chi connectivity index (χ3n) is 6.07. The van der Waals surface area contributed by atoms with Gasteiger partial charge in [0.15, 0.2) is 0 Å². The molecule has 3 heterocycles. The number of hydrogen-bond acceptors (Lipinski definition) is 7. The number of carbonyl (C=O) groups is 1. The van der Waals surface area contributed by atoms with E-state index in [-0.39, 0.29) is 11.9 Å². The van der Waals surface area contributed by atoms with Crippen LogP contribution in [0.15, 0.2) is 52.1 Å². The van der Waals surface area contributed by atoms with Crippen molar-refractivity contribution in [3.05, 3.63) is 70.7 Å². The highest BCUT2D eigenvalue weighted by molar-refractivity contribution is 7.98. The van der Waals surface area contributed by atoms with E-state index in [4.69, 9.17) is 9.26 Å². The van der Waals surface area contributed by atoms with Crippen LogP contribution >= 0.6 is 11.8 Å². The van der Waals surface area contributed by atoms with E-state index >= 15 is 0 Å². The van der Waals surface area contributed by atoms with Gasteiger partial charge < -0.3 is 14.6 Å². The van der Waals surface area contributed by atoms with E-state index in [1.54, 1.807) is 19.4 Å². The summed E-state index contributed by atoms with van der Waals surface area (Å²) in [4.78, 5) is 20.1. The van der Waals surface area contributed by atoms with Gasteiger partial charge in [0.2, 0.25) is 0 Å². The fraction of sp³-hybridized carbons (Fsp3) is 0.400. The van der Waals surface area contributed by atoms with Crippen LogP contribution < -0.4 is 10.1 Å². The zero-order chi connectivity index (χ0) is 23.2. The van der Waals surface area contributed by atoms with Gasteiger partial charge in [0.25, 0.3) is 5.91 Å². The van der Waals surface area contributed by atoms with Crippen LogP contribution in [0.4, 0.5) is 0 Å². The Kier molecular flexibility index (Phi) is 7.67. The van der Waals surface area contributed by atoms with Crippen LogP contribution in [0.2, 0.25) is 0 Å². The molecule has 1 amide bonds. The lowest BCUT2D eigenvalue weighted by Crippen LogP contribution is -2.37. The number of pyridine rings is 1. The third kappa shape index (κ3) is 5.57. The van der Waals surface area contributed by atoms with Gasteiger partial charge in [0.1, 0.15) is 16.5 Å². The van der Waals surface area contributed by atoms with Crippen molar-refractivity contribution in [1.82, 2.24) is 20.4 Å². The Balaban J connectivity index is 1.47. The summed E-state index contributed by atoms with van der Waals surface area (Å²) in [6.45, 7) is 6.41. The number of hydrogen-bond donors (Lipinski definition) is 1. The molecule has 174 valence electrons. The van der Waals surface area contributed by atoms with E-state index in [0.29, 0.717) is 22.9 Å². The molecule has 1 aromatic carbocycles. The first-order valence-corrected chi connectivity index (χ1v) is 12.2. The summed E-state index contributed by atoms with van der Waals surface area (Å²) in [6.07, 6.45) is 4.08. The summed E-state index contributed by atoms with van der Waals surface area (Å²) >= 11 is 1.52. The van der Waals surface area contributed by atoms with Gasteiger partial charge in [-0.25, -0.2) is 4.98 Å². The van der Waals surface area contributed by atoms with Crippen molar-refractivity contribution in [1.29, 1.82) is 0 Å². The zero-order valence-electron chi connectivity index (χ0n) is 19.3.